The van der Waals surface area contributed by atoms with Crippen molar-refractivity contribution < 1.29 is 9.53 Å². The minimum atomic E-state index is -0.233. The molecule has 0 bridgehead atoms. The molecule has 0 spiro atoms. The number of nitrogens with one attached hydrogen (secondary N) is 1. The summed E-state index contributed by atoms with van der Waals surface area (Å²) < 4.78 is 5.63. The van der Waals surface area contributed by atoms with Crippen LogP contribution in [-0.2, 0) is 17.6 Å². The second-order valence-corrected chi connectivity index (χ2v) is 7.88. The van der Waals surface area contributed by atoms with Crippen LogP contribution >= 0.6 is 11.3 Å². The summed E-state index contributed by atoms with van der Waals surface area (Å²) in [5.74, 6) is 1.11. The van der Waals surface area contributed by atoms with Crippen molar-refractivity contribution in [3.63, 3.8) is 0 Å². The molecule has 1 N–H and O–H groups in total. The summed E-state index contributed by atoms with van der Waals surface area (Å²) in [6.45, 7) is 6.15. The van der Waals surface area contributed by atoms with E-state index in [0.717, 1.165) is 36.0 Å². The van der Waals surface area contributed by atoms with Gasteiger partial charge in [0.25, 0.3) is 5.91 Å². The van der Waals surface area contributed by atoms with Crippen molar-refractivity contribution in [3.8, 4) is 11.8 Å². The van der Waals surface area contributed by atoms with Gasteiger partial charge >= 0.3 is 0 Å². The summed E-state index contributed by atoms with van der Waals surface area (Å²) >= 11 is 1.54. The van der Waals surface area contributed by atoms with Gasteiger partial charge in [0.2, 0.25) is 0 Å². The lowest BCUT2D eigenvalue weighted by atomic mass is 9.89. The smallest absolute Gasteiger partial charge is 0.262 e. The van der Waals surface area contributed by atoms with Crippen LogP contribution in [0.15, 0.2) is 18.2 Å². The highest BCUT2D eigenvalue weighted by atomic mass is 32.1. The molecule has 0 aliphatic heterocycles. The van der Waals surface area contributed by atoms with Crippen LogP contribution in [0.1, 0.15) is 40.5 Å². The predicted molar refractivity (Wildman–Crippen MR) is 100 cm³/mol. The number of benzene rings is 1. The van der Waals surface area contributed by atoms with Gasteiger partial charge in [-0.2, -0.15) is 5.26 Å². The molecule has 25 heavy (non-hydrogen) atoms. The van der Waals surface area contributed by atoms with Gasteiger partial charge in [-0.1, -0.05) is 24.6 Å². The van der Waals surface area contributed by atoms with E-state index >= 15 is 0 Å². The Morgan fingerprint density at radius 1 is 1.44 bits per heavy atom. The molecule has 0 fully saturated rings. The molecule has 3 rings (SSSR count). The van der Waals surface area contributed by atoms with Crippen molar-refractivity contribution in [3.05, 3.63) is 45.3 Å². The lowest BCUT2D eigenvalue weighted by Gasteiger charge is -2.17. The molecule has 1 amide bonds. The Bertz CT molecular complexity index is 848. The average molecular weight is 354 g/mol. The minimum absolute atomic E-state index is 0.0618. The van der Waals surface area contributed by atoms with Gasteiger partial charge in [0.15, 0.2) is 6.61 Å². The molecule has 0 saturated carbocycles. The lowest BCUT2D eigenvalue weighted by Crippen LogP contribution is -2.20. The van der Waals surface area contributed by atoms with Crippen LogP contribution in [0.25, 0.3) is 0 Å². The van der Waals surface area contributed by atoms with E-state index < -0.39 is 0 Å². The van der Waals surface area contributed by atoms with Crippen LogP contribution in [-0.4, -0.2) is 12.5 Å². The maximum Gasteiger partial charge on any atom is 0.262 e. The molecule has 0 radical (unpaired) electrons. The van der Waals surface area contributed by atoms with Gasteiger partial charge in [-0.25, -0.2) is 0 Å². The highest BCUT2D eigenvalue weighted by Gasteiger charge is 2.24. The van der Waals surface area contributed by atoms with Crippen molar-refractivity contribution in [2.75, 3.05) is 11.9 Å². The van der Waals surface area contributed by atoms with Gasteiger partial charge in [0.1, 0.15) is 16.8 Å². The van der Waals surface area contributed by atoms with Gasteiger partial charge < -0.3 is 10.1 Å². The summed E-state index contributed by atoms with van der Waals surface area (Å²) in [6.07, 6.45) is 3.01. The molecule has 1 heterocycles. The van der Waals surface area contributed by atoms with E-state index in [1.54, 1.807) is 0 Å². The molecule has 1 aromatic carbocycles. The predicted octanol–water partition coefficient (Wildman–Crippen LogP) is 4.38. The molecule has 0 unspecified atom stereocenters. The van der Waals surface area contributed by atoms with Crippen LogP contribution in [0.5, 0.6) is 5.75 Å². The number of nitriles is 1. The third-order valence-corrected chi connectivity index (χ3v) is 5.74. The van der Waals surface area contributed by atoms with Crippen molar-refractivity contribution in [2.24, 2.45) is 5.92 Å². The van der Waals surface area contributed by atoms with Crippen LogP contribution in [0.2, 0.25) is 0 Å². The Morgan fingerprint density at radius 2 is 2.24 bits per heavy atom. The largest absolute Gasteiger partial charge is 0.483 e. The van der Waals surface area contributed by atoms with Gasteiger partial charge in [0.05, 0.1) is 5.56 Å². The summed E-state index contributed by atoms with van der Waals surface area (Å²) in [5.41, 5.74) is 3.92. The van der Waals surface area contributed by atoms with Crippen LogP contribution in [0.3, 0.4) is 0 Å². The maximum absolute atomic E-state index is 12.3. The van der Waals surface area contributed by atoms with Crippen LogP contribution < -0.4 is 10.1 Å². The number of hydrogen-bond donors (Lipinski definition) is 1. The summed E-state index contributed by atoms with van der Waals surface area (Å²) in [5, 5.41) is 13.0. The quantitative estimate of drug-likeness (QED) is 0.886. The molecule has 1 aliphatic rings. The zero-order chi connectivity index (χ0) is 18.0. The first kappa shape index (κ1) is 17.5. The molecule has 130 valence electrons. The number of aryl methyl sites for hydroxylation is 2. The molecule has 4 nitrogen and oxygen atoms in total. The van der Waals surface area contributed by atoms with E-state index in [1.807, 2.05) is 32.0 Å². The molecule has 5 heteroatoms. The Hall–Kier alpha value is -2.32. The van der Waals surface area contributed by atoms with Crippen molar-refractivity contribution in [1.82, 2.24) is 0 Å². The maximum atomic E-state index is 12.3. The number of hydrogen-bond acceptors (Lipinski definition) is 4. The first-order valence-electron chi connectivity index (χ1n) is 8.52. The molecular weight excluding hydrogens is 332 g/mol. The highest BCUT2D eigenvalue weighted by molar-refractivity contribution is 7.16. The fraction of sp³-hybridized carbons (Fsp3) is 0.400. The first-order chi connectivity index (χ1) is 12.0. The number of nitrogens with zero attached hydrogens (tertiary/aromatic N) is 1. The summed E-state index contributed by atoms with van der Waals surface area (Å²) in [4.78, 5) is 13.5. The zero-order valence-corrected chi connectivity index (χ0v) is 15.6. The van der Waals surface area contributed by atoms with Crippen molar-refractivity contribution in [1.29, 1.82) is 5.26 Å². The molecular formula is C20H22N2O2S. The topological polar surface area (TPSA) is 62.1 Å². The van der Waals surface area contributed by atoms with E-state index in [0.29, 0.717) is 22.2 Å². The van der Waals surface area contributed by atoms with E-state index in [1.165, 1.54) is 16.2 Å². The zero-order valence-electron chi connectivity index (χ0n) is 14.8. The van der Waals surface area contributed by atoms with Gasteiger partial charge in [-0.05, 0) is 56.2 Å². The van der Waals surface area contributed by atoms with Gasteiger partial charge in [-0.15, -0.1) is 11.3 Å². The van der Waals surface area contributed by atoms with Crippen LogP contribution in [0.4, 0.5) is 5.00 Å². The van der Waals surface area contributed by atoms with Gasteiger partial charge in [-0.3, -0.25) is 4.79 Å². The Labute approximate surface area is 152 Å². The Balaban J connectivity index is 1.68. The number of amides is 1. The first-order valence-corrected chi connectivity index (χ1v) is 9.34. The normalized spacial score (nSPS) is 16.0. The fourth-order valence-corrected chi connectivity index (χ4v) is 4.60. The number of carbonyl (C=O) groups excluding carboxylic acids is 1. The summed E-state index contributed by atoms with van der Waals surface area (Å²) in [7, 11) is 0. The second-order valence-electron chi connectivity index (χ2n) is 6.77. The number of ether oxygens (including phenoxy) is 1. The SMILES string of the molecule is Cc1ccc(OCC(=O)Nc2sc3c(c2C#N)CC[C@H](C)C3)c(C)c1. The molecule has 1 aliphatic carbocycles. The lowest BCUT2D eigenvalue weighted by molar-refractivity contribution is -0.118. The summed E-state index contributed by atoms with van der Waals surface area (Å²) in [6, 6.07) is 8.13. The standard InChI is InChI=1S/C20H22N2O2S/c1-12-5-7-17(14(3)8-12)24-11-19(23)22-20-16(10-21)15-6-4-13(2)9-18(15)25-20/h5,7-8,13H,4,6,9,11H2,1-3H3,(H,22,23)/t13-/m0/s1. The number of fused-ring (bicyclic) bond motifs is 1. The molecule has 1 atom stereocenters. The van der Waals surface area contributed by atoms with Crippen molar-refractivity contribution in [2.45, 2.75) is 40.0 Å². The average Bonchev–Trinajstić information content (AvgIpc) is 2.89. The number of carbonyl (C=O) groups is 1. The molecule has 0 saturated heterocycles. The third kappa shape index (κ3) is 3.85. The minimum Gasteiger partial charge on any atom is -0.483 e. The van der Waals surface area contributed by atoms with E-state index in [2.05, 4.69) is 18.3 Å². The second kappa shape index (κ2) is 7.28. The Morgan fingerprint density at radius 3 is 2.96 bits per heavy atom. The van der Waals surface area contributed by atoms with E-state index in [9.17, 15) is 10.1 Å². The van der Waals surface area contributed by atoms with E-state index in [-0.39, 0.29) is 12.5 Å². The fourth-order valence-electron chi connectivity index (χ4n) is 3.22. The van der Waals surface area contributed by atoms with Crippen molar-refractivity contribution >= 4 is 22.2 Å². The number of thiophene rings is 1. The van der Waals surface area contributed by atoms with E-state index in [4.69, 9.17) is 4.74 Å². The van der Waals surface area contributed by atoms with Gasteiger partial charge in [0, 0.05) is 4.88 Å². The molecule has 2 aromatic rings. The molecule has 1 aromatic heterocycles. The van der Waals surface area contributed by atoms with Crippen LogP contribution in [0, 0.1) is 31.1 Å². The number of rotatable bonds is 4. The monoisotopic (exact) mass is 354 g/mol. The third-order valence-electron chi connectivity index (χ3n) is 4.57. The highest BCUT2D eigenvalue weighted by Crippen LogP contribution is 2.39. The Kier molecular flexibility index (Phi) is 5.10. The number of anilines is 1.